The van der Waals surface area contributed by atoms with Gasteiger partial charge in [-0.2, -0.15) is 0 Å². The maximum absolute atomic E-state index is 11.9. The zero-order valence-corrected chi connectivity index (χ0v) is 14.2. The number of piperidine rings is 1. The van der Waals surface area contributed by atoms with Crippen molar-refractivity contribution in [2.75, 3.05) is 13.1 Å². The van der Waals surface area contributed by atoms with Gasteiger partial charge in [-0.3, -0.25) is 0 Å². The molecule has 0 amide bonds. The number of thiol groups is 1. The second-order valence-corrected chi connectivity index (χ2v) is 7.32. The molecule has 1 fully saturated rings. The monoisotopic (exact) mass is 307 g/mol. The molecule has 21 heavy (non-hydrogen) atoms. The minimum Gasteiger partial charge on any atom is -0.367 e. The summed E-state index contributed by atoms with van der Waals surface area (Å²) >= 11 is 4.59. The van der Waals surface area contributed by atoms with Crippen LogP contribution in [0.2, 0.25) is 0 Å². The molecule has 1 aliphatic rings. The zero-order valence-electron chi connectivity index (χ0n) is 13.3. The van der Waals surface area contributed by atoms with Crippen molar-refractivity contribution in [1.29, 1.82) is 0 Å². The summed E-state index contributed by atoms with van der Waals surface area (Å²) in [6, 6.07) is 6.24. The molecule has 0 aromatic heterocycles. The van der Waals surface area contributed by atoms with Crippen molar-refractivity contribution in [3.05, 3.63) is 29.3 Å². The van der Waals surface area contributed by atoms with Gasteiger partial charge in [0, 0.05) is 18.0 Å². The lowest BCUT2D eigenvalue weighted by Gasteiger charge is -2.33. The summed E-state index contributed by atoms with van der Waals surface area (Å²) in [5.74, 6) is 0.343. The molecular weight excluding hydrogens is 282 g/mol. The van der Waals surface area contributed by atoms with Crippen LogP contribution in [0.1, 0.15) is 50.7 Å². The molecular formula is C17H25NO2S. The van der Waals surface area contributed by atoms with Gasteiger partial charge in [0.05, 0.1) is 5.41 Å². The number of carbonyl (C=O) groups excluding carboxylic acids is 1. The minimum absolute atomic E-state index is 0.160. The van der Waals surface area contributed by atoms with E-state index in [0.717, 1.165) is 30.8 Å². The lowest BCUT2D eigenvalue weighted by atomic mass is 9.87. The SMILES string of the molecule is Cc1cccc(S)c1C1CCN(OC(=O)C(C)(C)C)CC1. The lowest BCUT2D eigenvalue weighted by molar-refractivity contribution is -0.204. The highest BCUT2D eigenvalue weighted by Gasteiger charge is 2.29. The van der Waals surface area contributed by atoms with Crippen molar-refractivity contribution in [2.45, 2.75) is 51.3 Å². The fraction of sp³-hybridized carbons (Fsp3) is 0.588. The Morgan fingerprint density at radius 2 is 1.90 bits per heavy atom. The van der Waals surface area contributed by atoms with Gasteiger partial charge in [-0.15, -0.1) is 17.7 Å². The molecule has 3 nitrogen and oxygen atoms in total. The number of rotatable bonds is 2. The lowest BCUT2D eigenvalue weighted by Crippen LogP contribution is -2.38. The topological polar surface area (TPSA) is 29.5 Å². The average molecular weight is 307 g/mol. The molecule has 1 saturated heterocycles. The highest BCUT2D eigenvalue weighted by Crippen LogP contribution is 2.34. The summed E-state index contributed by atoms with van der Waals surface area (Å²) in [7, 11) is 0. The van der Waals surface area contributed by atoms with Crippen LogP contribution in [0.25, 0.3) is 0 Å². The standard InChI is InChI=1S/C17H25NO2S/c1-12-6-5-7-14(21)15(12)13-8-10-18(11-9-13)20-16(19)17(2,3)4/h5-7,13,21H,8-11H2,1-4H3. The molecule has 0 bridgehead atoms. The van der Waals surface area contributed by atoms with E-state index in [9.17, 15) is 4.79 Å². The van der Waals surface area contributed by atoms with Crippen molar-refractivity contribution in [1.82, 2.24) is 5.06 Å². The van der Waals surface area contributed by atoms with E-state index in [2.05, 4.69) is 31.7 Å². The van der Waals surface area contributed by atoms with E-state index < -0.39 is 5.41 Å². The highest BCUT2D eigenvalue weighted by molar-refractivity contribution is 7.80. The predicted molar refractivity (Wildman–Crippen MR) is 87.5 cm³/mol. The van der Waals surface area contributed by atoms with Crippen LogP contribution in [0, 0.1) is 12.3 Å². The van der Waals surface area contributed by atoms with Crippen molar-refractivity contribution in [2.24, 2.45) is 5.41 Å². The molecule has 0 N–H and O–H groups in total. The molecule has 0 saturated carbocycles. The van der Waals surface area contributed by atoms with Crippen molar-refractivity contribution in [3.63, 3.8) is 0 Å². The molecule has 0 atom stereocenters. The van der Waals surface area contributed by atoms with Crippen LogP contribution in [0.3, 0.4) is 0 Å². The average Bonchev–Trinajstić information content (AvgIpc) is 2.39. The Kier molecular flexibility index (Phi) is 4.99. The molecule has 0 spiro atoms. The van der Waals surface area contributed by atoms with Gasteiger partial charge >= 0.3 is 5.97 Å². The molecule has 1 aromatic rings. The van der Waals surface area contributed by atoms with Crippen LogP contribution in [-0.2, 0) is 9.63 Å². The van der Waals surface area contributed by atoms with E-state index in [0.29, 0.717) is 5.92 Å². The summed E-state index contributed by atoms with van der Waals surface area (Å²) in [6.07, 6.45) is 1.99. The summed E-state index contributed by atoms with van der Waals surface area (Å²) in [4.78, 5) is 18.5. The summed E-state index contributed by atoms with van der Waals surface area (Å²) in [6.45, 7) is 9.34. The van der Waals surface area contributed by atoms with E-state index >= 15 is 0 Å². The smallest absolute Gasteiger partial charge is 0.330 e. The van der Waals surface area contributed by atoms with Crippen LogP contribution in [-0.4, -0.2) is 24.1 Å². The normalized spacial score (nSPS) is 17.8. The Morgan fingerprint density at radius 1 is 1.29 bits per heavy atom. The van der Waals surface area contributed by atoms with Gasteiger partial charge in [-0.25, -0.2) is 4.79 Å². The van der Waals surface area contributed by atoms with Crippen molar-refractivity contribution >= 4 is 18.6 Å². The third kappa shape index (κ3) is 4.01. The Balaban J connectivity index is 1.96. The Morgan fingerprint density at radius 3 is 2.43 bits per heavy atom. The first kappa shape index (κ1) is 16.4. The summed E-state index contributed by atoms with van der Waals surface area (Å²) < 4.78 is 0. The molecule has 1 aliphatic heterocycles. The number of benzene rings is 1. The number of hydroxylamine groups is 2. The number of hydrogen-bond donors (Lipinski definition) is 1. The van der Waals surface area contributed by atoms with Gasteiger partial charge in [0.1, 0.15) is 0 Å². The quantitative estimate of drug-likeness (QED) is 0.839. The molecule has 116 valence electrons. The number of carbonyl (C=O) groups is 1. The second kappa shape index (κ2) is 6.41. The van der Waals surface area contributed by atoms with Crippen LogP contribution >= 0.6 is 12.6 Å². The van der Waals surface area contributed by atoms with Gasteiger partial charge < -0.3 is 4.84 Å². The van der Waals surface area contributed by atoms with E-state index in [1.807, 2.05) is 26.8 Å². The maximum atomic E-state index is 11.9. The number of hydrogen-bond acceptors (Lipinski definition) is 4. The van der Waals surface area contributed by atoms with Gasteiger partial charge in [0.15, 0.2) is 0 Å². The molecule has 0 unspecified atom stereocenters. The number of nitrogens with zero attached hydrogens (tertiary/aromatic N) is 1. The first-order chi connectivity index (χ1) is 9.79. The Labute approximate surface area is 133 Å². The largest absolute Gasteiger partial charge is 0.367 e. The van der Waals surface area contributed by atoms with Crippen LogP contribution in [0.4, 0.5) is 0 Å². The molecule has 4 heteroatoms. The van der Waals surface area contributed by atoms with Crippen molar-refractivity contribution < 1.29 is 9.63 Å². The molecule has 0 radical (unpaired) electrons. The Hall–Kier alpha value is -1.00. The summed E-state index contributed by atoms with van der Waals surface area (Å²) in [5.41, 5.74) is 2.20. The van der Waals surface area contributed by atoms with Gasteiger partial charge in [-0.05, 0) is 63.6 Å². The first-order valence-electron chi connectivity index (χ1n) is 7.55. The number of aryl methyl sites for hydroxylation is 1. The van der Waals surface area contributed by atoms with E-state index in [4.69, 9.17) is 4.84 Å². The fourth-order valence-electron chi connectivity index (χ4n) is 2.69. The summed E-state index contributed by atoms with van der Waals surface area (Å²) in [5, 5.41) is 1.81. The van der Waals surface area contributed by atoms with Gasteiger partial charge in [-0.1, -0.05) is 12.1 Å². The third-order valence-corrected chi connectivity index (χ3v) is 4.38. The maximum Gasteiger partial charge on any atom is 0.330 e. The van der Waals surface area contributed by atoms with Crippen LogP contribution < -0.4 is 0 Å². The van der Waals surface area contributed by atoms with Gasteiger partial charge in [0.2, 0.25) is 0 Å². The van der Waals surface area contributed by atoms with Crippen molar-refractivity contribution in [3.8, 4) is 0 Å². The fourth-order valence-corrected chi connectivity index (χ4v) is 3.13. The van der Waals surface area contributed by atoms with Crippen LogP contribution in [0.5, 0.6) is 0 Å². The molecule has 2 rings (SSSR count). The van der Waals surface area contributed by atoms with E-state index in [1.165, 1.54) is 11.1 Å². The second-order valence-electron chi connectivity index (χ2n) is 6.84. The minimum atomic E-state index is -0.453. The van der Waals surface area contributed by atoms with Crippen LogP contribution in [0.15, 0.2) is 23.1 Å². The third-order valence-electron chi connectivity index (χ3n) is 3.99. The van der Waals surface area contributed by atoms with E-state index in [1.54, 1.807) is 5.06 Å². The van der Waals surface area contributed by atoms with Gasteiger partial charge in [0.25, 0.3) is 0 Å². The molecule has 1 aromatic carbocycles. The molecule has 1 heterocycles. The zero-order chi connectivity index (χ0) is 15.6. The van der Waals surface area contributed by atoms with E-state index in [-0.39, 0.29) is 5.97 Å². The first-order valence-corrected chi connectivity index (χ1v) is 7.99. The molecule has 0 aliphatic carbocycles. The Bertz CT molecular complexity index is 494. The predicted octanol–water partition coefficient (Wildman–Crippen LogP) is 3.97. The highest BCUT2D eigenvalue weighted by atomic mass is 32.1.